The van der Waals surface area contributed by atoms with Crippen LogP contribution in [0, 0.1) is 16.7 Å². The van der Waals surface area contributed by atoms with Crippen LogP contribution in [-0.2, 0) is 5.54 Å². The highest BCUT2D eigenvalue weighted by atomic mass is 15.3. The summed E-state index contributed by atoms with van der Waals surface area (Å²) in [5.41, 5.74) is 2.62. The molecule has 1 aliphatic heterocycles. The predicted molar refractivity (Wildman–Crippen MR) is 115 cm³/mol. The molecule has 1 saturated heterocycles. The lowest BCUT2D eigenvalue weighted by Gasteiger charge is -2.39. The van der Waals surface area contributed by atoms with Crippen LogP contribution in [-0.4, -0.2) is 62.4 Å². The van der Waals surface area contributed by atoms with Crippen LogP contribution < -0.4 is 5.32 Å². The molecule has 0 bridgehead atoms. The molecule has 0 aromatic carbocycles. The molecule has 4 heterocycles. The first-order chi connectivity index (χ1) is 14.6. The number of fused-ring (bicyclic) bond motifs is 1. The van der Waals surface area contributed by atoms with Crippen molar-refractivity contribution < 1.29 is 0 Å². The zero-order valence-electron chi connectivity index (χ0n) is 17.2. The van der Waals surface area contributed by atoms with E-state index in [1.54, 1.807) is 25.6 Å². The van der Waals surface area contributed by atoms with Crippen molar-refractivity contribution in [3.63, 3.8) is 0 Å². The summed E-state index contributed by atoms with van der Waals surface area (Å²) in [5, 5.41) is 24.8. The molecule has 3 aromatic heterocycles. The third kappa shape index (κ3) is 3.46. The van der Waals surface area contributed by atoms with Gasteiger partial charge in [0.25, 0.3) is 0 Å². The minimum absolute atomic E-state index is 0.294. The molecule has 0 spiro atoms. The zero-order valence-corrected chi connectivity index (χ0v) is 17.2. The van der Waals surface area contributed by atoms with Gasteiger partial charge in [0.2, 0.25) is 0 Å². The molecule has 0 atom stereocenters. The van der Waals surface area contributed by atoms with Crippen molar-refractivity contribution in [3.8, 4) is 17.5 Å². The van der Waals surface area contributed by atoms with Gasteiger partial charge in [0.15, 0.2) is 0 Å². The molecular formula is C21H25N9. The van der Waals surface area contributed by atoms with Gasteiger partial charge in [-0.05, 0) is 19.9 Å². The molecule has 1 aliphatic rings. The number of aromatic nitrogens is 5. The fourth-order valence-corrected chi connectivity index (χ4v) is 3.99. The Bertz CT molecular complexity index is 1120. The van der Waals surface area contributed by atoms with Crippen LogP contribution in [0.5, 0.6) is 0 Å². The summed E-state index contributed by atoms with van der Waals surface area (Å²) in [6.07, 6.45) is 12.6. The van der Waals surface area contributed by atoms with Gasteiger partial charge in [0.05, 0.1) is 35.5 Å². The molecular weight excluding hydrogens is 378 g/mol. The summed E-state index contributed by atoms with van der Waals surface area (Å²) in [7, 11) is 3.90. The number of hydrogen-bond acceptors (Lipinski definition) is 7. The lowest BCUT2D eigenvalue weighted by atomic mass is 9.85. The van der Waals surface area contributed by atoms with E-state index in [0.29, 0.717) is 23.5 Å². The normalized spacial score (nSPS) is 17.0. The van der Waals surface area contributed by atoms with Crippen LogP contribution in [0.2, 0.25) is 0 Å². The highest BCUT2D eigenvalue weighted by Gasteiger charge is 2.36. The first-order valence-electron chi connectivity index (χ1n) is 9.93. The van der Waals surface area contributed by atoms with E-state index in [1.807, 2.05) is 27.5 Å². The van der Waals surface area contributed by atoms with Gasteiger partial charge in [-0.2, -0.15) is 10.4 Å². The average molecular weight is 403 g/mol. The minimum atomic E-state index is -0.294. The number of rotatable bonds is 6. The molecule has 0 radical (unpaired) electrons. The first-order valence-corrected chi connectivity index (χ1v) is 9.93. The fourth-order valence-electron chi connectivity index (χ4n) is 3.99. The topological polar surface area (TPSA) is 111 Å². The van der Waals surface area contributed by atoms with E-state index in [9.17, 15) is 5.26 Å². The maximum atomic E-state index is 9.46. The maximum Gasteiger partial charge on any atom is 0.149 e. The van der Waals surface area contributed by atoms with Crippen LogP contribution in [0.15, 0.2) is 37.1 Å². The Morgan fingerprint density at radius 3 is 2.90 bits per heavy atom. The lowest BCUT2D eigenvalue weighted by molar-refractivity contribution is 0.119. The zero-order chi connectivity index (χ0) is 21.1. The lowest BCUT2D eigenvalue weighted by Crippen LogP contribution is -2.45. The molecule has 2 N–H and O–H groups in total. The van der Waals surface area contributed by atoms with E-state index < -0.39 is 0 Å². The Morgan fingerprint density at radius 1 is 1.40 bits per heavy atom. The Labute approximate surface area is 175 Å². The molecule has 154 valence electrons. The third-order valence-electron chi connectivity index (χ3n) is 5.79. The molecule has 30 heavy (non-hydrogen) atoms. The van der Waals surface area contributed by atoms with Gasteiger partial charge in [-0.25, -0.2) is 9.97 Å². The molecule has 0 amide bonds. The number of hydrogen-bond donors (Lipinski definition) is 2. The molecule has 9 heteroatoms. The van der Waals surface area contributed by atoms with Crippen molar-refractivity contribution in [3.05, 3.63) is 42.7 Å². The Kier molecular flexibility index (Phi) is 5.33. The van der Waals surface area contributed by atoms with Gasteiger partial charge in [0.1, 0.15) is 11.5 Å². The predicted octanol–water partition coefficient (Wildman–Crippen LogP) is 2.14. The van der Waals surface area contributed by atoms with E-state index in [1.165, 1.54) is 6.21 Å². The van der Waals surface area contributed by atoms with Crippen LogP contribution in [0.25, 0.3) is 22.6 Å². The monoisotopic (exact) mass is 403 g/mol. The van der Waals surface area contributed by atoms with E-state index in [0.717, 1.165) is 37.1 Å². The highest BCUT2D eigenvalue weighted by molar-refractivity contribution is 6.07. The van der Waals surface area contributed by atoms with Crippen LogP contribution in [0.1, 0.15) is 25.0 Å². The van der Waals surface area contributed by atoms with Crippen LogP contribution >= 0.6 is 0 Å². The molecule has 0 saturated carbocycles. The number of nitrogens with one attached hydrogen (secondary N) is 2. The molecule has 0 aliphatic carbocycles. The summed E-state index contributed by atoms with van der Waals surface area (Å²) in [4.78, 5) is 11.5. The molecule has 1 fully saturated rings. The standard InChI is InChI=1S/C21H25N9/c1-24-13-16(12-23)18-11-19-25-7-10-29(19)20(27-18)17-14-26-30(15-17)21(3-6-22)4-8-28(2)9-5-21/h7,10-15,23-24H,3-5,8-9H2,1-2H3/b16-13+,23-12?. The first kappa shape index (κ1) is 19.8. The van der Waals surface area contributed by atoms with E-state index in [-0.39, 0.29) is 5.54 Å². The maximum absolute atomic E-state index is 9.46. The van der Waals surface area contributed by atoms with Gasteiger partial charge >= 0.3 is 0 Å². The summed E-state index contributed by atoms with van der Waals surface area (Å²) < 4.78 is 3.87. The van der Waals surface area contributed by atoms with Crippen LogP contribution in [0.4, 0.5) is 0 Å². The SMILES string of the molecule is CN/C=C(\C=N)c1cc2nccn2c(-c2cnn(C3(CC#N)CCN(C)CC3)c2)n1. The van der Waals surface area contributed by atoms with Crippen molar-refractivity contribution >= 4 is 17.4 Å². The number of nitriles is 1. The number of allylic oxidation sites excluding steroid dienone is 1. The van der Waals surface area contributed by atoms with Crippen molar-refractivity contribution in [2.45, 2.75) is 24.8 Å². The summed E-state index contributed by atoms with van der Waals surface area (Å²) in [6.45, 7) is 1.88. The number of imidazole rings is 1. The van der Waals surface area contributed by atoms with Gasteiger partial charge in [0, 0.05) is 62.8 Å². The highest BCUT2D eigenvalue weighted by Crippen LogP contribution is 2.34. The van der Waals surface area contributed by atoms with Gasteiger partial charge in [-0.1, -0.05) is 0 Å². The second-order valence-corrected chi connectivity index (χ2v) is 7.69. The van der Waals surface area contributed by atoms with E-state index >= 15 is 0 Å². The molecule has 9 nitrogen and oxygen atoms in total. The summed E-state index contributed by atoms with van der Waals surface area (Å²) in [5.74, 6) is 0.704. The summed E-state index contributed by atoms with van der Waals surface area (Å²) in [6, 6.07) is 4.22. The quantitative estimate of drug-likeness (QED) is 0.610. The van der Waals surface area contributed by atoms with E-state index in [2.05, 4.69) is 33.4 Å². The van der Waals surface area contributed by atoms with Crippen molar-refractivity contribution in [1.29, 1.82) is 10.7 Å². The van der Waals surface area contributed by atoms with Gasteiger partial charge < -0.3 is 15.6 Å². The Balaban J connectivity index is 1.79. The van der Waals surface area contributed by atoms with E-state index in [4.69, 9.17) is 10.4 Å². The number of nitrogens with zero attached hydrogens (tertiary/aromatic N) is 7. The molecule has 3 aromatic rings. The average Bonchev–Trinajstić information content (AvgIpc) is 3.43. The smallest absolute Gasteiger partial charge is 0.149 e. The van der Waals surface area contributed by atoms with Crippen LogP contribution in [0.3, 0.4) is 0 Å². The molecule has 0 unspecified atom stereocenters. The Morgan fingerprint density at radius 2 is 2.20 bits per heavy atom. The minimum Gasteiger partial charge on any atom is -0.393 e. The van der Waals surface area contributed by atoms with Gasteiger partial charge in [-0.15, -0.1) is 0 Å². The second kappa shape index (κ2) is 8.08. The Hall–Kier alpha value is -3.51. The number of likely N-dealkylation sites (tertiary alicyclic amines) is 1. The second-order valence-electron chi connectivity index (χ2n) is 7.69. The van der Waals surface area contributed by atoms with Crippen molar-refractivity contribution in [2.75, 3.05) is 27.2 Å². The van der Waals surface area contributed by atoms with Crippen molar-refractivity contribution in [1.82, 2.24) is 34.4 Å². The summed E-state index contributed by atoms with van der Waals surface area (Å²) >= 11 is 0. The molecule has 4 rings (SSSR count). The number of piperidine rings is 1. The largest absolute Gasteiger partial charge is 0.393 e. The van der Waals surface area contributed by atoms with Gasteiger partial charge in [-0.3, -0.25) is 9.08 Å². The third-order valence-corrected chi connectivity index (χ3v) is 5.79. The fraction of sp³-hybridized carbons (Fsp3) is 0.381. The van der Waals surface area contributed by atoms with Crippen molar-refractivity contribution in [2.24, 2.45) is 0 Å².